The van der Waals surface area contributed by atoms with E-state index >= 15 is 0 Å². The van der Waals surface area contributed by atoms with Gasteiger partial charge in [0, 0.05) is 25.7 Å². The van der Waals surface area contributed by atoms with Crippen molar-refractivity contribution >= 4 is 17.7 Å². The van der Waals surface area contributed by atoms with Gasteiger partial charge in [0.1, 0.15) is 11.6 Å². The number of carbonyl (C=O) groups excluding carboxylic acids is 3. The second-order valence-corrected chi connectivity index (χ2v) is 12.8. The minimum atomic E-state index is -1.29. The topological polar surface area (TPSA) is 90.4 Å². The molecule has 5 aliphatic rings. The highest BCUT2D eigenvalue weighted by Crippen LogP contribution is 2.59. The van der Waals surface area contributed by atoms with Crippen molar-refractivity contribution in [3.05, 3.63) is 60.2 Å². The Bertz CT molecular complexity index is 1240. The molecule has 0 bridgehead atoms. The van der Waals surface area contributed by atoms with Gasteiger partial charge in [-0.2, -0.15) is 0 Å². The molecule has 3 amide bonds. The van der Waals surface area contributed by atoms with Crippen LogP contribution in [0.2, 0.25) is 0 Å². The summed E-state index contributed by atoms with van der Waals surface area (Å²) in [6.07, 6.45) is 14.9. The lowest BCUT2D eigenvalue weighted by Gasteiger charge is -2.42. The Morgan fingerprint density at radius 2 is 1.67 bits per heavy atom. The van der Waals surface area contributed by atoms with E-state index in [1.54, 1.807) is 4.90 Å². The smallest absolute Gasteiger partial charge is 0.249 e. The van der Waals surface area contributed by atoms with Crippen molar-refractivity contribution in [2.45, 2.75) is 94.5 Å². The molecule has 8 heteroatoms. The average molecular weight is 576 g/mol. The van der Waals surface area contributed by atoms with Crippen molar-refractivity contribution in [3.63, 3.8) is 0 Å². The van der Waals surface area contributed by atoms with Crippen LogP contribution in [0.4, 0.5) is 0 Å². The Hall–Kier alpha value is -2.97. The Kier molecular flexibility index (Phi) is 8.05. The average Bonchev–Trinajstić information content (AvgIpc) is 3.31. The van der Waals surface area contributed by atoms with Crippen molar-refractivity contribution in [2.24, 2.45) is 11.8 Å². The van der Waals surface area contributed by atoms with Gasteiger partial charge in [-0.05, 0) is 37.7 Å². The summed E-state index contributed by atoms with van der Waals surface area (Å²) in [4.78, 5) is 49.4. The van der Waals surface area contributed by atoms with E-state index < -0.39 is 35.1 Å². The normalized spacial score (nSPS) is 33.8. The molecule has 8 nitrogen and oxygen atoms in total. The van der Waals surface area contributed by atoms with Gasteiger partial charge in [0.15, 0.2) is 0 Å². The first-order valence-corrected chi connectivity index (χ1v) is 16.0. The van der Waals surface area contributed by atoms with Gasteiger partial charge >= 0.3 is 0 Å². The number of hydrogen-bond donors (Lipinski definition) is 1. The van der Waals surface area contributed by atoms with Gasteiger partial charge in [0.2, 0.25) is 17.7 Å². The largest absolute Gasteiger partial charge is 0.394 e. The first-order chi connectivity index (χ1) is 20.4. The van der Waals surface area contributed by atoms with Crippen LogP contribution in [0.15, 0.2) is 54.6 Å². The van der Waals surface area contributed by atoms with Crippen molar-refractivity contribution in [3.8, 4) is 0 Å². The summed E-state index contributed by atoms with van der Waals surface area (Å²) < 4.78 is 7.11. The molecule has 3 fully saturated rings. The maximum absolute atomic E-state index is 14.9. The first kappa shape index (κ1) is 29.1. The predicted octanol–water partition coefficient (Wildman–Crippen LogP) is 3.49. The molecule has 1 aromatic rings. The lowest BCUT2D eigenvalue weighted by molar-refractivity contribution is -0.158. The van der Waals surface area contributed by atoms with E-state index in [1.165, 1.54) is 6.42 Å². The van der Waals surface area contributed by atoms with Crippen LogP contribution in [0.25, 0.3) is 0 Å². The maximum Gasteiger partial charge on any atom is 0.249 e. The molecule has 1 saturated carbocycles. The molecular weight excluding hydrogens is 530 g/mol. The number of nitrogens with zero attached hydrogens (tertiary/aromatic N) is 3. The quantitative estimate of drug-likeness (QED) is 0.480. The van der Waals surface area contributed by atoms with E-state index in [0.29, 0.717) is 32.5 Å². The number of carbonyl (C=O) groups is 3. The van der Waals surface area contributed by atoms with Gasteiger partial charge < -0.3 is 24.5 Å². The van der Waals surface area contributed by atoms with Crippen molar-refractivity contribution in [2.75, 3.05) is 26.2 Å². The van der Waals surface area contributed by atoms with E-state index in [1.807, 2.05) is 78.3 Å². The van der Waals surface area contributed by atoms with Crippen LogP contribution in [0.5, 0.6) is 0 Å². The molecule has 1 N–H and O–H groups in total. The Balaban J connectivity index is 1.48. The molecule has 2 saturated heterocycles. The van der Waals surface area contributed by atoms with Crippen LogP contribution < -0.4 is 0 Å². The van der Waals surface area contributed by atoms with Crippen LogP contribution in [0.3, 0.4) is 0 Å². The molecule has 0 aromatic heterocycles. The van der Waals surface area contributed by atoms with Crippen molar-refractivity contribution < 1.29 is 24.2 Å². The fraction of sp³-hybridized carbons (Fsp3) is 0.618. The number of fused-ring (bicyclic) bond motifs is 2. The van der Waals surface area contributed by atoms with Crippen LogP contribution in [-0.2, 0) is 25.5 Å². The van der Waals surface area contributed by atoms with E-state index in [2.05, 4.69) is 0 Å². The van der Waals surface area contributed by atoms with Crippen LogP contribution in [0.1, 0.15) is 64.4 Å². The monoisotopic (exact) mass is 575 g/mol. The van der Waals surface area contributed by atoms with Gasteiger partial charge in [0.25, 0.3) is 0 Å². The molecule has 0 radical (unpaired) electrons. The molecule has 6 rings (SSSR count). The summed E-state index contributed by atoms with van der Waals surface area (Å²) in [5.41, 5.74) is -1.30. The standard InChI is InChI=1S/C34H45N3O5/c1-3-19-35-20-11-17-33(4-2)27(30(35)39)28-31(40)37(26(23-38)22-24-13-7-5-8-14-24)29-32(41)36(25-15-9-6-10-16-25)21-12-18-34(28,29)42-33/h5,7-8,11-14,17-18,25-29,38H,3-4,6,9-10,15-16,19-23H2,1-2H3/t26-,27+,28+,29?,33-,34+/m1/s1. The number of aliphatic hydroxyl groups excluding tert-OH is 1. The number of rotatable bonds is 8. The lowest BCUT2D eigenvalue weighted by atomic mass is 9.73. The fourth-order valence-electron chi connectivity index (χ4n) is 8.49. The molecule has 1 aliphatic carbocycles. The molecule has 226 valence electrons. The first-order valence-electron chi connectivity index (χ1n) is 16.0. The highest BCUT2D eigenvalue weighted by atomic mass is 16.5. The van der Waals surface area contributed by atoms with Gasteiger partial charge in [0.05, 0.1) is 30.1 Å². The summed E-state index contributed by atoms with van der Waals surface area (Å²) in [5, 5.41) is 10.8. The zero-order valence-corrected chi connectivity index (χ0v) is 25.0. The molecule has 4 heterocycles. The van der Waals surface area contributed by atoms with E-state index in [9.17, 15) is 19.5 Å². The third-order valence-electron chi connectivity index (χ3n) is 10.4. The summed E-state index contributed by atoms with van der Waals surface area (Å²) >= 11 is 0. The van der Waals surface area contributed by atoms with E-state index in [-0.39, 0.29) is 30.4 Å². The number of benzene rings is 1. The second-order valence-electron chi connectivity index (χ2n) is 12.8. The third-order valence-corrected chi connectivity index (χ3v) is 10.4. The molecule has 1 spiro atoms. The lowest BCUT2D eigenvalue weighted by Crippen LogP contribution is -2.60. The molecule has 1 unspecified atom stereocenters. The molecule has 4 aliphatic heterocycles. The van der Waals surface area contributed by atoms with Gasteiger partial charge in [-0.1, -0.05) is 87.7 Å². The zero-order valence-electron chi connectivity index (χ0n) is 25.0. The fourth-order valence-corrected chi connectivity index (χ4v) is 8.49. The SMILES string of the molecule is CCCN1CC=C[C@@]2(CC)O[C@]34C=CCN(C5CCCCC5)C(=O)C3N([C@@H](CO)Cc3ccccc3)C(=O)[C@@H]4[C@H]2C1=O. The molecular formula is C34H45N3O5. The summed E-state index contributed by atoms with van der Waals surface area (Å²) in [5.74, 6) is -2.08. The number of aliphatic hydroxyl groups is 1. The minimum absolute atomic E-state index is 0.0858. The van der Waals surface area contributed by atoms with E-state index in [0.717, 1.165) is 37.7 Å². The van der Waals surface area contributed by atoms with Crippen LogP contribution in [0, 0.1) is 11.8 Å². The van der Waals surface area contributed by atoms with Crippen molar-refractivity contribution in [1.82, 2.24) is 14.7 Å². The Labute approximate surface area is 249 Å². The zero-order chi connectivity index (χ0) is 29.5. The highest BCUT2D eigenvalue weighted by Gasteiger charge is 2.76. The molecule has 42 heavy (non-hydrogen) atoms. The van der Waals surface area contributed by atoms with Crippen molar-refractivity contribution in [1.29, 1.82) is 0 Å². The van der Waals surface area contributed by atoms with E-state index in [4.69, 9.17) is 4.74 Å². The predicted molar refractivity (Wildman–Crippen MR) is 159 cm³/mol. The Morgan fingerprint density at radius 1 is 0.929 bits per heavy atom. The molecule has 6 atom stereocenters. The van der Waals surface area contributed by atoms with Gasteiger partial charge in [-0.3, -0.25) is 14.4 Å². The summed E-state index contributed by atoms with van der Waals surface area (Å²) in [6.45, 7) is 5.28. The summed E-state index contributed by atoms with van der Waals surface area (Å²) in [6, 6.07) is 8.30. The number of amides is 3. The van der Waals surface area contributed by atoms with Crippen LogP contribution >= 0.6 is 0 Å². The summed E-state index contributed by atoms with van der Waals surface area (Å²) in [7, 11) is 0. The highest BCUT2D eigenvalue weighted by molar-refractivity contribution is 6.00. The van der Waals surface area contributed by atoms with Crippen LogP contribution in [-0.4, -0.2) is 93.1 Å². The van der Waals surface area contributed by atoms with Gasteiger partial charge in [-0.15, -0.1) is 0 Å². The minimum Gasteiger partial charge on any atom is -0.394 e. The number of likely N-dealkylation sites (tertiary alicyclic amines) is 1. The second kappa shape index (κ2) is 11.6. The number of hydrogen-bond acceptors (Lipinski definition) is 5. The Morgan fingerprint density at radius 3 is 2.36 bits per heavy atom. The third kappa shape index (κ3) is 4.53. The van der Waals surface area contributed by atoms with Gasteiger partial charge in [-0.25, -0.2) is 0 Å². The molecule has 1 aromatic carbocycles. The number of ether oxygens (including phenoxy) is 1. The maximum atomic E-state index is 14.9.